The van der Waals surface area contributed by atoms with Crippen molar-refractivity contribution in [2.45, 2.75) is 25.1 Å². The lowest BCUT2D eigenvalue weighted by atomic mass is 10.0. The first-order valence-corrected chi connectivity index (χ1v) is 10.5. The molecule has 5 rings (SSSR count). The summed E-state index contributed by atoms with van der Waals surface area (Å²) in [6, 6.07) is 12.1. The minimum absolute atomic E-state index is 0.0581. The lowest BCUT2D eigenvalue weighted by Crippen LogP contribution is -2.39. The number of alkyl halides is 3. The van der Waals surface area contributed by atoms with Crippen LogP contribution < -0.4 is 5.69 Å². The molecule has 0 bridgehead atoms. The van der Waals surface area contributed by atoms with E-state index in [0.29, 0.717) is 25.9 Å². The third-order valence-electron chi connectivity index (χ3n) is 5.98. The molecule has 1 N–H and O–H groups in total. The van der Waals surface area contributed by atoms with Gasteiger partial charge in [-0.1, -0.05) is 18.2 Å². The molecule has 1 aliphatic heterocycles. The van der Waals surface area contributed by atoms with E-state index in [2.05, 4.69) is 9.97 Å². The highest BCUT2D eigenvalue weighted by atomic mass is 19.4. The van der Waals surface area contributed by atoms with Gasteiger partial charge in [-0.15, -0.1) is 0 Å². The van der Waals surface area contributed by atoms with Crippen LogP contribution in [0.1, 0.15) is 30.3 Å². The zero-order valence-electron chi connectivity index (χ0n) is 17.4. The molecule has 7 nitrogen and oxygen atoms in total. The Morgan fingerprint density at radius 1 is 1.09 bits per heavy atom. The molecule has 10 heteroatoms. The van der Waals surface area contributed by atoms with Gasteiger partial charge < -0.3 is 9.88 Å². The number of aromatic amines is 1. The summed E-state index contributed by atoms with van der Waals surface area (Å²) >= 11 is 0. The van der Waals surface area contributed by atoms with Crippen molar-refractivity contribution in [1.29, 1.82) is 0 Å². The van der Waals surface area contributed by atoms with Crippen molar-refractivity contribution in [3.63, 3.8) is 0 Å². The molecule has 4 aromatic rings. The van der Waals surface area contributed by atoms with Crippen molar-refractivity contribution < 1.29 is 18.0 Å². The fourth-order valence-electron chi connectivity index (χ4n) is 4.42. The highest BCUT2D eigenvalue weighted by molar-refractivity contribution is 5.92. The zero-order chi connectivity index (χ0) is 23.2. The summed E-state index contributed by atoms with van der Waals surface area (Å²) < 4.78 is 43.4. The van der Waals surface area contributed by atoms with Gasteiger partial charge in [-0.2, -0.15) is 13.2 Å². The second-order valence-corrected chi connectivity index (χ2v) is 7.98. The number of likely N-dealkylation sites (tertiary alicyclic amines) is 1. The highest BCUT2D eigenvalue weighted by Gasteiger charge is 2.37. The van der Waals surface area contributed by atoms with Crippen molar-refractivity contribution in [1.82, 2.24) is 23.8 Å². The minimum atomic E-state index is -4.64. The van der Waals surface area contributed by atoms with Gasteiger partial charge in [0.25, 0.3) is 0 Å². The monoisotopic (exact) mass is 455 g/mol. The number of imidazole rings is 2. The number of para-hydroxylation sites is 2. The number of piperidine rings is 1. The maximum atomic E-state index is 13.5. The van der Waals surface area contributed by atoms with Crippen LogP contribution in [-0.2, 0) is 11.0 Å². The number of amides is 1. The largest absolute Gasteiger partial charge is 0.435 e. The number of benzene rings is 1. The van der Waals surface area contributed by atoms with Crippen molar-refractivity contribution in [3.05, 3.63) is 76.6 Å². The van der Waals surface area contributed by atoms with Crippen LogP contribution >= 0.6 is 0 Å². The number of nitrogens with one attached hydrogen (secondary N) is 1. The Bertz CT molecular complexity index is 1420. The fraction of sp³-hybridized carbons (Fsp3) is 0.261. The van der Waals surface area contributed by atoms with E-state index in [4.69, 9.17) is 0 Å². The molecule has 0 atom stereocenters. The van der Waals surface area contributed by atoms with Gasteiger partial charge in [-0.05, 0) is 43.2 Å². The number of halogens is 3. The SMILES string of the molecule is O=C(C=Cc1c(C(F)(F)F)nc2ccccn12)N1CCC(n2c(=O)[nH]c3ccccc32)CC1. The first-order valence-electron chi connectivity index (χ1n) is 10.5. The number of aromatic nitrogens is 4. The summed E-state index contributed by atoms with van der Waals surface area (Å²) in [7, 11) is 0. The third-order valence-corrected chi connectivity index (χ3v) is 5.98. The molecule has 0 spiro atoms. The molecule has 1 fully saturated rings. The summed E-state index contributed by atoms with van der Waals surface area (Å²) in [5.41, 5.74) is 0.328. The van der Waals surface area contributed by atoms with E-state index < -0.39 is 11.9 Å². The molecule has 4 heterocycles. The Morgan fingerprint density at radius 3 is 2.58 bits per heavy atom. The van der Waals surface area contributed by atoms with Gasteiger partial charge in [-0.3, -0.25) is 13.8 Å². The summed E-state index contributed by atoms with van der Waals surface area (Å²) in [6.07, 6.45) is 0.312. The first-order chi connectivity index (χ1) is 15.8. The van der Waals surface area contributed by atoms with Crippen LogP contribution in [0.15, 0.2) is 59.5 Å². The number of H-pyrrole nitrogens is 1. The van der Waals surface area contributed by atoms with Gasteiger partial charge in [0.15, 0.2) is 5.69 Å². The Balaban J connectivity index is 1.33. The quantitative estimate of drug-likeness (QED) is 0.477. The molecule has 170 valence electrons. The molecular weight excluding hydrogens is 435 g/mol. The van der Waals surface area contributed by atoms with E-state index in [1.54, 1.807) is 21.6 Å². The molecule has 1 saturated heterocycles. The van der Waals surface area contributed by atoms with Crippen LogP contribution in [0, 0.1) is 0 Å². The predicted molar refractivity (Wildman–Crippen MR) is 117 cm³/mol. The maximum Gasteiger partial charge on any atom is 0.435 e. The number of carbonyl (C=O) groups excluding carboxylic acids is 1. The minimum Gasteiger partial charge on any atom is -0.339 e. The summed E-state index contributed by atoms with van der Waals surface area (Å²) in [6.45, 7) is 0.804. The van der Waals surface area contributed by atoms with Gasteiger partial charge in [0.05, 0.1) is 16.7 Å². The van der Waals surface area contributed by atoms with E-state index in [1.807, 2.05) is 24.3 Å². The molecule has 3 aromatic heterocycles. The maximum absolute atomic E-state index is 13.5. The Labute approximate surface area is 185 Å². The van der Waals surface area contributed by atoms with Crippen molar-refractivity contribution in [2.75, 3.05) is 13.1 Å². The second-order valence-electron chi connectivity index (χ2n) is 7.98. The zero-order valence-corrected chi connectivity index (χ0v) is 17.4. The van der Waals surface area contributed by atoms with E-state index in [9.17, 15) is 22.8 Å². The molecule has 0 saturated carbocycles. The Morgan fingerprint density at radius 2 is 1.82 bits per heavy atom. The summed E-state index contributed by atoms with van der Waals surface area (Å²) in [5, 5.41) is 0. The van der Waals surface area contributed by atoms with Gasteiger partial charge in [0.2, 0.25) is 5.91 Å². The standard InChI is InChI=1S/C23H20F3N5O2/c24-23(25,26)21-18(30-12-4-3-7-19(30)28-21)8-9-20(32)29-13-10-15(11-14-29)31-17-6-2-1-5-16(17)27-22(31)33/h1-9,12,15H,10-11,13-14H2,(H,27,33). The van der Waals surface area contributed by atoms with E-state index in [0.717, 1.165) is 17.1 Å². The van der Waals surface area contributed by atoms with Crippen molar-refractivity contribution >= 4 is 28.7 Å². The normalized spacial score (nSPS) is 15.8. The Hall–Kier alpha value is -3.82. The lowest BCUT2D eigenvalue weighted by molar-refractivity contribution is -0.141. The smallest absolute Gasteiger partial charge is 0.339 e. The van der Waals surface area contributed by atoms with Crippen LogP contribution in [0.2, 0.25) is 0 Å². The third kappa shape index (κ3) is 3.81. The van der Waals surface area contributed by atoms with E-state index in [1.165, 1.54) is 22.7 Å². The lowest BCUT2D eigenvalue weighted by Gasteiger charge is -2.32. The fourth-order valence-corrected chi connectivity index (χ4v) is 4.42. The molecule has 0 unspecified atom stereocenters. The Kier molecular flexibility index (Phi) is 5.07. The summed E-state index contributed by atoms with van der Waals surface area (Å²) in [4.78, 5) is 33.2. The van der Waals surface area contributed by atoms with Crippen LogP contribution in [0.25, 0.3) is 22.8 Å². The number of rotatable bonds is 3. The first kappa shape index (κ1) is 21.0. The van der Waals surface area contributed by atoms with Crippen LogP contribution in [-0.4, -0.2) is 42.8 Å². The molecule has 0 radical (unpaired) electrons. The number of hydrogen-bond acceptors (Lipinski definition) is 3. The molecule has 1 aromatic carbocycles. The molecular formula is C23H20F3N5O2. The number of nitrogens with zero attached hydrogens (tertiary/aromatic N) is 4. The number of carbonyl (C=O) groups is 1. The molecule has 0 aliphatic carbocycles. The molecule has 33 heavy (non-hydrogen) atoms. The van der Waals surface area contributed by atoms with Crippen LogP contribution in [0.3, 0.4) is 0 Å². The average Bonchev–Trinajstić information content (AvgIpc) is 3.34. The number of hydrogen-bond donors (Lipinski definition) is 1. The average molecular weight is 455 g/mol. The second kappa shape index (κ2) is 7.95. The van der Waals surface area contributed by atoms with E-state index in [-0.39, 0.29) is 29.0 Å². The van der Waals surface area contributed by atoms with Gasteiger partial charge in [0, 0.05) is 31.4 Å². The van der Waals surface area contributed by atoms with Gasteiger partial charge in [0.1, 0.15) is 5.65 Å². The predicted octanol–water partition coefficient (Wildman–Crippen LogP) is 3.87. The van der Waals surface area contributed by atoms with E-state index >= 15 is 0 Å². The van der Waals surface area contributed by atoms with Gasteiger partial charge in [-0.25, -0.2) is 9.78 Å². The molecule has 1 aliphatic rings. The van der Waals surface area contributed by atoms with Crippen molar-refractivity contribution in [3.8, 4) is 0 Å². The topological polar surface area (TPSA) is 75.4 Å². The van der Waals surface area contributed by atoms with Crippen molar-refractivity contribution in [2.24, 2.45) is 0 Å². The summed E-state index contributed by atoms with van der Waals surface area (Å²) in [5.74, 6) is -0.376. The number of fused-ring (bicyclic) bond motifs is 2. The highest BCUT2D eigenvalue weighted by Crippen LogP contribution is 2.32. The van der Waals surface area contributed by atoms with Gasteiger partial charge >= 0.3 is 11.9 Å². The van der Waals surface area contributed by atoms with Crippen LogP contribution in [0.4, 0.5) is 13.2 Å². The van der Waals surface area contributed by atoms with Crippen LogP contribution in [0.5, 0.6) is 0 Å². The molecule has 1 amide bonds. The number of pyridine rings is 1.